The van der Waals surface area contributed by atoms with Gasteiger partial charge in [0.1, 0.15) is 18.1 Å². The van der Waals surface area contributed by atoms with Gasteiger partial charge in [0.2, 0.25) is 0 Å². The smallest absolute Gasteiger partial charge is 0.309 e. The van der Waals surface area contributed by atoms with Gasteiger partial charge in [0.25, 0.3) is 5.91 Å². The van der Waals surface area contributed by atoms with Crippen molar-refractivity contribution in [2.24, 2.45) is 5.41 Å². The van der Waals surface area contributed by atoms with Gasteiger partial charge < -0.3 is 19.3 Å². The van der Waals surface area contributed by atoms with Crippen molar-refractivity contribution < 1.29 is 24.0 Å². The van der Waals surface area contributed by atoms with Gasteiger partial charge in [0, 0.05) is 13.1 Å². The lowest BCUT2D eigenvalue weighted by molar-refractivity contribution is -0.150. The SMILES string of the molecule is Cc1noc(C)c1COc1ccccc1C(=O)N1CCC(C)(C(=O)O)CC1. The van der Waals surface area contributed by atoms with Gasteiger partial charge in [0.05, 0.1) is 22.2 Å². The lowest BCUT2D eigenvalue weighted by Crippen LogP contribution is -2.45. The number of carbonyl (C=O) groups excluding carboxylic acids is 1. The number of aliphatic carboxylic acids is 1. The van der Waals surface area contributed by atoms with E-state index in [1.807, 2.05) is 19.9 Å². The van der Waals surface area contributed by atoms with E-state index in [9.17, 15) is 14.7 Å². The lowest BCUT2D eigenvalue weighted by atomic mass is 9.80. The largest absolute Gasteiger partial charge is 0.488 e. The molecule has 0 unspecified atom stereocenters. The van der Waals surface area contributed by atoms with Crippen molar-refractivity contribution in [2.45, 2.75) is 40.2 Å². The molecule has 2 heterocycles. The van der Waals surface area contributed by atoms with E-state index >= 15 is 0 Å². The fourth-order valence-electron chi connectivity index (χ4n) is 3.21. The summed E-state index contributed by atoms with van der Waals surface area (Å²) in [6, 6.07) is 7.10. The molecule has 0 saturated carbocycles. The van der Waals surface area contributed by atoms with Crippen molar-refractivity contribution in [3.63, 3.8) is 0 Å². The van der Waals surface area contributed by atoms with Crippen LogP contribution in [-0.4, -0.2) is 40.1 Å². The van der Waals surface area contributed by atoms with E-state index < -0.39 is 11.4 Å². The maximum atomic E-state index is 13.0. The van der Waals surface area contributed by atoms with E-state index in [1.54, 1.807) is 30.0 Å². The average molecular weight is 372 g/mol. The Morgan fingerprint density at radius 3 is 2.52 bits per heavy atom. The molecule has 1 aromatic heterocycles. The molecule has 7 nitrogen and oxygen atoms in total. The Morgan fingerprint density at radius 1 is 1.26 bits per heavy atom. The second-order valence-corrected chi connectivity index (χ2v) is 7.25. The number of carboxylic acid groups (broad SMARTS) is 1. The Morgan fingerprint density at radius 2 is 1.93 bits per heavy atom. The van der Waals surface area contributed by atoms with Crippen LogP contribution in [0.3, 0.4) is 0 Å². The van der Waals surface area contributed by atoms with E-state index in [4.69, 9.17) is 9.26 Å². The summed E-state index contributed by atoms with van der Waals surface area (Å²) < 4.78 is 11.0. The number of piperidine rings is 1. The normalized spacial score (nSPS) is 16.2. The summed E-state index contributed by atoms with van der Waals surface area (Å²) in [6.07, 6.45) is 0.881. The van der Waals surface area contributed by atoms with Crippen LogP contribution in [-0.2, 0) is 11.4 Å². The van der Waals surface area contributed by atoms with Crippen LogP contribution in [0, 0.1) is 19.3 Å². The molecule has 27 heavy (non-hydrogen) atoms. The highest BCUT2D eigenvalue weighted by atomic mass is 16.5. The van der Waals surface area contributed by atoms with Crippen LogP contribution >= 0.6 is 0 Å². The Labute approximate surface area is 157 Å². The maximum absolute atomic E-state index is 13.0. The quantitative estimate of drug-likeness (QED) is 0.866. The standard InChI is InChI=1S/C20H24N2O5/c1-13-16(14(2)27-21-13)12-26-17-7-5-4-6-15(17)18(23)22-10-8-20(3,9-11-22)19(24)25/h4-7H,8-12H2,1-3H3,(H,24,25). The van der Waals surface area contributed by atoms with E-state index in [2.05, 4.69) is 5.16 Å². The zero-order valence-electron chi connectivity index (χ0n) is 15.8. The number of likely N-dealkylation sites (tertiary alicyclic amines) is 1. The van der Waals surface area contributed by atoms with Gasteiger partial charge in [-0.25, -0.2) is 0 Å². The zero-order chi connectivity index (χ0) is 19.6. The molecule has 0 bridgehead atoms. The Balaban J connectivity index is 1.72. The topological polar surface area (TPSA) is 92.9 Å². The van der Waals surface area contributed by atoms with E-state index in [0.29, 0.717) is 43.0 Å². The highest BCUT2D eigenvalue weighted by molar-refractivity contribution is 5.97. The van der Waals surface area contributed by atoms with Crippen molar-refractivity contribution in [1.29, 1.82) is 0 Å². The monoisotopic (exact) mass is 372 g/mol. The third kappa shape index (κ3) is 3.82. The summed E-state index contributed by atoms with van der Waals surface area (Å²) in [4.78, 5) is 26.1. The maximum Gasteiger partial charge on any atom is 0.309 e. The van der Waals surface area contributed by atoms with E-state index in [1.165, 1.54) is 0 Å². The Kier molecular flexibility index (Phi) is 5.21. The molecule has 1 N–H and O–H groups in total. The van der Waals surface area contributed by atoms with Crippen LogP contribution in [0.5, 0.6) is 5.75 Å². The molecule has 1 fully saturated rings. The molecule has 2 aromatic rings. The second-order valence-electron chi connectivity index (χ2n) is 7.25. The second kappa shape index (κ2) is 7.42. The predicted octanol–water partition coefficient (Wildman–Crippen LogP) is 3.20. The van der Waals surface area contributed by atoms with Gasteiger partial charge >= 0.3 is 5.97 Å². The summed E-state index contributed by atoms with van der Waals surface area (Å²) in [5, 5.41) is 13.3. The molecule has 7 heteroatoms. The van der Waals surface area contributed by atoms with E-state index in [-0.39, 0.29) is 12.5 Å². The van der Waals surface area contributed by atoms with Crippen LogP contribution in [0.1, 0.15) is 47.1 Å². The van der Waals surface area contributed by atoms with Crippen LogP contribution in [0.2, 0.25) is 0 Å². The van der Waals surface area contributed by atoms with Crippen molar-refractivity contribution in [3.8, 4) is 5.75 Å². The molecule has 3 rings (SSSR count). The molecule has 0 aliphatic carbocycles. The fraction of sp³-hybridized carbons (Fsp3) is 0.450. The summed E-state index contributed by atoms with van der Waals surface area (Å²) in [5.41, 5.74) is 1.34. The number of hydrogen-bond acceptors (Lipinski definition) is 5. The summed E-state index contributed by atoms with van der Waals surface area (Å²) in [6.45, 7) is 6.50. The van der Waals surface area contributed by atoms with Crippen LogP contribution in [0.15, 0.2) is 28.8 Å². The Hall–Kier alpha value is -2.83. The summed E-state index contributed by atoms with van der Waals surface area (Å²) >= 11 is 0. The van der Waals surface area contributed by atoms with Gasteiger partial charge in [0.15, 0.2) is 0 Å². The number of amides is 1. The predicted molar refractivity (Wildman–Crippen MR) is 97.6 cm³/mol. The van der Waals surface area contributed by atoms with Crippen LogP contribution < -0.4 is 4.74 Å². The van der Waals surface area contributed by atoms with Crippen molar-refractivity contribution in [2.75, 3.05) is 13.1 Å². The van der Waals surface area contributed by atoms with Gasteiger partial charge in [-0.1, -0.05) is 17.3 Å². The highest BCUT2D eigenvalue weighted by Gasteiger charge is 2.38. The van der Waals surface area contributed by atoms with E-state index in [0.717, 1.165) is 11.3 Å². The van der Waals surface area contributed by atoms with Gasteiger partial charge in [-0.3, -0.25) is 9.59 Å². The number of para-hydroxylation sites is 1. The molecule has 1 amide bonds. The molecule has 1 saturated heterocycles. The number of ether oxygens (including phenoxy) is 1. The highest BCUT2D eigenvalue weighted by Crippen LogP contribution is 2.32. The number of nitrogens with zero attached hydrogens (tertiary/aromatic N) is 2. The molecule has 0 radical (unpaired) electrons. The molecular formula is C20H24N2O5. The van der Waals surface area contributed by atoms with Crippen molar-refractivity contribution in [1.82, 2.24) is 10.1 Å². The van der Waals surface area contributed by atoms with Crippen molar-refractivity contribution >= 4 is 11.9 Å². The molecule has 0 atom stereocenters. The number of aromatic nitrogens is 1. The van der Waals surface area contributed by atoms with Gasteiger partial charge in [-0.05, 0) is 45.7 Å². The van der Waals surface area contributed by atoms with Gasteiger partial charge in [-0.15, -0.1) is 0 Å². The summed E-state index contributed by atoms with van der Waals surface area (Å²) in [7, 11) is 0. The molecule has 144 valence electrons. The third-order valence-corrected chi connectivity index (χ3v) is 5.34. The first-order valence-electron chi connectivity index (χ1n) is 8.98. The zero-order valence-corrected chi connectivity index (χ0v) is 15.8. The minimum atomic E-state index is -0.808. The summed E-state index contributed by atoms with van der Waals surface area (Å²) in [5.74, 6) is 0.240. The minimum Gasteiger partial charge on any atom is -0.488 e. The lowest BCUT2D eigenvalue weighted by Gasteiger charge is -2.36. The molecular weight excluding hydrogens is 348 g/mol. The molecule has 0 spiro atoms. The average Bonchev–Trinajstić information content (AvgIpc) is 2.98. The fourth-order valence-corrected chi connectivity index (χ4v) is 3.21. The molecule has 1 aromatic carbocycles. The first-order valence-corrected chi connectivity index (χ1v) is 8.98. The minimum absolute atomic E-state index is 0.142. The van der Waals surface area contributed by atoms with Crippen LogP contribution in [0.4, 0.5) is 0 Å². The number of carboxylic acids is 1. The molecule has 1 aliphatic heterocycles. The number of benzene rings is 1. The first-order chi connectivity index (χ1) is 12.8. The van der Waals surface area contributed by atoms with Crippen LogP contribution in [0.25, 0.3) is 0 Å². The van der Waals surface area contributed by atoms with Gasteiger partial charge in [-0.2, -0.15) is 0 Å². The number of rotatable bonds is 5. The van der Waals surface area contributed by atoms with Crippen molar-refractivity contribution in [3.05, 3.63) is 46.8 Å². The molecule has 1 aliphatic rings. The number of aryl methyl sites for hydroxylation is 2. The first kappa shape index (κ1) is 18.9. The number of hydrogen-bond donors (Lipinski definition) is 1. The Bertz CT molecular complexity index is 830. The third-order valence-electron chi connectivity index (χ3n) is 5.34. The number of carbonyl (C=O) groups is 2.